The molecule has 0 saturated heterocycles. The Balaban J connectivity index is 2.06. The lowest BCUT2D eigenvalue weighted by Gasteiger charge is -2.19. The summed E-state index contributed by atoms with van der Waals surface area (Å²) in [5.41, 5.74) is 1.16. The van der Waals surface area contributed by atoms with Crippen LogP contribution < -0.4 is 4.31 Å². The first kappa shape index (κ1) is 14.8. The van der Waals surface area contributed by atoms with Crippen LogP contribution in [-0.2, 0) is 16.4 Å². The fraction of sp³-hybridized carbons (Fsp3) is 0.143. The van der Waals surface area contributed by atoms with Crippen LogP contribution in [0.4, 0.5) is 11.4 Å². The number of sulfonamides is 1. The first-order chi connectivity index (χ1) is 10.4. The first-order valence-corrected chi connectivity index (χ1v) is 8.27. The van der Waals surface area contributed by atoms with Crippen LogP contribution >= 0.6 is 11.6 Å². The van der Waals surface area contributed by atoms with Gasteiger partial charge in [-0.3, -0.25) is 14.4 Å². The average Bonchev–Trinajstić information content (AvgIpc) is 2.91. The Morgan fingerprint density at radius 3 is 2.68 bits per heavy atom. The van der Waals surface area contributed by atoms with Crippen molar-refractivity contribution in [2.45, 2.75) is 11.3 Å². The van der Waals surface area contributed by atoms with Crippen molar-refractivity contribution in [3.8, 4) is 0 Å². The fourth-order valence-corrected chi connectivity index (χ4v) is 4.21. The highest BCUT2D eigenvalue weighted by Crippen LogP contribution is 2.35. The van der Waals surface area contributed by atoms with E-state index in [4.69, 9.17) is 11.6 Å². The van der Waals surface area contributed by atoms with Gasteiger partial charge in [-0.25, -0.2) is 8.42 Å². The largest absolute Gasteiger partial charge is 0.270 e. The summed E-state index contributed by atoms with van der Waals surface area (Å²) in [4.78, 5) is 10.1. The number of nitro groups is 1. The third-order valence-electron chi connectivity index (χ3n) is 3.51. The number of non-ortho nitro benzene ring substituents is 1. The van der Waals surface area contributed by atoms with Gasteiger partial charge in [0.25, 0.3) is 15.7 Å². The number of rotatable bonds is 3. The topological polar surface area (TPSA) is 80.5 Å². The highest BCUT2D eigenvalue weighted by Gasteiger charge is 2.31. The molecule has 1 heterocycles. The number of halogens is 1. The van der Waals surface area contributed by atoms with E-state index in [-0.39, 0.29) is 10.6 Å². The Hall–Kier alpha value is -2.12. The standard InChI is InChI=1S/C14H11ClN2O4S/c15-11-4-5-14-10(8-11)6-7-16(14)22(20,21)13-3-1-2-12(9-13)17(18)19/h1-5,8-9H,6-7H2. The van der Waals surface area contributed by atoms with Crippen molar-refractivity contribution >= 4 is 33.0 Å². The number of nitrogens with zero attached hydrogens (tertiary/aromatic N) is 2. The molecule has 6 nitrogen and oxygen atoms in total. The second-order valence-electron chi connectivity index (χ2n) is 4.85. The average molecular weight is 339 g/mol. The molecule has 0 saturated carbocycles. The molecule has 2 aromatic rings. The van der Waals surface area contributed by atoms with E-state index in [1.807, 2.05) is 0 Å². The van der Waals surface area contributed by atoms with Gasteiger partial charge in [0.05, 0.1) is 15.5 Å². The zero-order chi connectivity index (χ0) is 15.9. The first-order valence-electron chi connectivity index (χ1n) is 6.45. The van der Waals surface area contributed by atoms with Crippen LogP contribution in [0.5, 0.6) is 0 Å². The van der Waals surface area contributed by atoms with Gasteiger partial charge in [0, 0.05) is 23.7 Å². The van der Waals surface area contributed by atoms with Crippen LogP contribution in [0.25, 0.3) is 0 Å². The molecule has 2 aromatic carbocycles. The van der Waals surface area contributed by atoms with Crippen molar-refractivity contribution < 1.29 is 13.3 Å². The van der Waals surface area contributed by atoms with Crippen molar-refractivity contribution in [2.75, 3.05) is 10.8 Å². The van der Waals surface area contributed by atoms with E-state index in [1.165, 1.54) is 22.5 Å². The number of hydrogen-bond acceptors (Lipinski definition) is 4. The molecular weight excluding hydrogens is 328 g/mol. The minimum atomic E-state index is -3.84. The second-order valence-corrected chi connectivity index (χ2v) is 7.15. The SMILES string of the molecule is O=[N+]([O-])c1cccc(S(=O)(=O)N2CCc3cc(Cl)ccc32)c1. The molecule has 0 aliphatic carbocycles. The zero-order valence-electron chi connectivity index (χ0n) is 11.3. The summed E-state index contributed by atoms with van der Waals surface area (Å²) in [5.74, 6) is 0. The lowest BCUT2D eigenvalue weighted by atomic mass is 10.2. The third kappa shape index (κ3) is 2.42. The normalized spacial score (nSPS) is 14.0. The minimum absolute atomic E-state index is 0.0931. The van der Waals surface area contributed by atoms with Crippen LogP contribution in [-0.4, -0.2) is 19.9 Å². The smallest absolute Gasteiger partial charge is 0.266 e. The number of nitro benzene ring substituents is 1. The van der Waals surface area contributed by atoms with E-state index in [0.717, 1.165) is 11.6 Å². The predicted molar refractivity (Wildman–Crippen MR) is 82.8 cm³/mol. The molecule has 22 heavy (non-hydrogen) atoms. The summed E-state index contributed by atoms with van der Waals surface area (Å²) < 4.78 is 26.7. The van der Waals surface area contributed by atoms with Crippen molar-refractivity contribution in [3.63, 3.8) is 0 Å². The third-order valence-corrected chi connectivity index (χ3v) is 5.56. The molecule has 0 radical (unpaired) electrons. The molecule has 0 unspecified atom stereocenters. The summed E-state index contributed by atoms with van der Waals surface area (Å²) in [6, 6.07) is 10.1. The summed E-state index contributed by atoms with van der Waals surface area (Å²) in [6.07, 6.45) is 0.560. The van der Waals surface area contributed by atoms with Crippen LogP contribution in [0.3, 0.4) is 0 Å². The van der Waals surface area contributed by atoms with Gasteiger partial charge in [-0.2, -0.15) is 0 Å². The maximum absolute atomic E-state index is 12.7. The van der Waals surface area contributed by atoms with Gasteiger partial charge >= 0.3 is 0 Å². The van der Waals surface area contributed by atoms with E-state index in [9.17, 15) is 18.5 Å². The molecule has 0 amide bonds. The maximum Gasteiger partial charge on any atom is 0.270 e. The molecule has 1 aliphatic rings. The van der Waals surface area contributed by atoms with Gasteiger partial charge in [0.2, 0.25) is 0 Å². The Kier molecular flexibility index (Phi) is 3.54. The molecule has 0 aromatic heterocycles. The number of hydrogen-bond donors (Lipinski definition) is 0. The van der Waals surface area contributed by atoms with E-state index < -0.39 is 14.9 Å². The van der Waals surface area contributed by atoms with Gasteiger partial charge in [0.1, 0.15) is 0 Å². The molecule has 0 atom stereocenters. The van der Waals surface area contributed by atoms with E-state index >= 15 is 0 Å². The lowest BCUT2D eigenvalue weighted by molar-refractivity contribution is -0.385. The van der Waals surface area contributed by atoms with Crippen LogP contribution in [0.1, 0.15) is 5.56 Å². The Morgan fingerprint density at radius 2 is 1.95 bits per heavy atom. The van der Waals surface area contributed by atoms with Crippen LogP contribution in [0.15, 0.2) is 47.4 Å². The van der Waals surface area contributed by atoms with E-state index in [1.54, 1.807) is 18.2 Å². The highest BCUT2D eigenvalue weighted by molar-refractivity contribution is 7.92. The number of fused-ring (bicyclic) bond motifs is 1. The molecule has 0 N–H and O–H groups in total. The molecular formula is C14H11ClN2O4S. The monoisotopic (exact) mass is 338 g/mol. The summed E-state index contributed by atoms with van der Waals surface area (Å²) >= 11 is 5.92. The van der Waals surface area contributed by atoms with Crippen molar-refractivity contribution in [3.05, 3.63) is 63.2 Å². The van der Waals surface area contributed by atoms with Gasteiger partial charge in [-0.15, -0.1) is 0 Å². The van der Waals surface area contributed by atoms with Crippen LogP contribution in [0.2, 0.25) is 5.02 Å². The number of benzene rings is 2. The fourth-order valence-electron chi connectivity index (χ4n) is 2.47. The quantitative estimate of drug-likeness (QED) is 0.636. The van der Waals surface area contributed by atoms with Gasteiger partial charge in [-0.1, -0.05) is 17.7 Å². The summed E-state index contributed by atoms with van der Waals surface area (Å²) in [6.45, 7) is 0.292. The minimum Gasteiger partial charge on any atom is -0.266 e. The van der Waals surface area contributed by atoms with Crippen LogP contribution in [0, 0.1) is 10.1 Å². The zero-order valence-corrected chi connectivity index (χ0v) is 12.8. The van der Waals surface area contributed by atoms with Gasteiger partial charge in [0.15, 0.2) is 0 Å². The Morgan fingerprint density at radius 1 is 1.18 bits per heavy atom. The van der Waals surface area contributed by atoms with E-state index in [0.29, 0.717) is 23.7 Å². The van der Waals surface area contributed by atoms with Crippen molar-refractivity contribution in [1.82, 2.24) is 0 Å². The molecule has 0 bridgehead atoms. The molecule has 1 aliphatic heterocycles. The van der Waals surface area contributed by atoms with Crippen molar-refractivity contribution in [2.24, 2.45) is 0 Å². The molecule has 3 rings (SSSR count). The maximum atomic E-state index is 12.7. The number of anilines is 1. The van der Waals surface area contributed by atoms with Gasteiger partial charge in [-0.05, 0) is 36.2 Å². The molecule has 8 heteroatoms. The van der Waals surface area contributed by atoms with Crippen molar-refractivity contribution in [1.29, 1.82) is 0 Å². The summed E-state index contributed by atoms with van der Waals surface area (Å²) in [7, 11) is -3.84. The molecule has 0 fully saturated rings. The predicted octanol–water partition coefficient (Wildman–Crippen LogP) is 3.00. The molecule has 114 valence electrons. The molecule has 0 spiro atoms. The van der Waals surface area contributed by atoms with E-state index in [2.05, 4.69) is 0 Å². The second kappa shape index (κ2) is 5.26. The Labute approximate surface area is 132 Å². The highest BCUT2D eigenvalue weighted by atomic mass is 35.5. The lowest BCUT2D eigenvalue weighted by Crippen LogP contribution is -2.29. The van der Waals surface area contributed by atoms with Gasteiger partial charge < -0.3 is 0 Å². The Bertz CT molecular complexity index is 867. The summed E-state index contributed by atoms with van der Waals surface area (Å²) in [5, 5.41) is 11.4.